The molecule has 0 bridgehead atoms. The highest BCUT2D eigenvalue weighted by atomic mass is 79.9. The summed E-state index contributed by atoms with van der Waals surface area (Å²) in [4.78, 5) is 9.53. The van der Waals surface area contributed by atoms with Gasteiger partial charge in [0.25, 0.3) is 0 Å². The number of aliphatic imine (C=N–C) groups is 1. The molecule has 0 spiro atoms. The zero-order valence-corrected chi connectivity index (χ0v) is 16.8. The molecule has 0 radical (unpaired) electrons. The zero-order chi connectivity index (χ0) is 16.7. The summed E-state index contributed by atoms with van der Waals surface area (Å²) < 4.78 is 0. The molecule has 4 rings (SSSR count). The molecule has 0 amide bonds. The first-order valence-corrected chi connectivity index (χ1v) is 8.82. The van der Waals surface area contributed by atoms with Crippen LogP contribution in [0.3, 0.4) is 0 Å². The summed E-state index contributed by atoms with van der Waals surface area (Å²) in [6, 6.07) is 17.7. The van der Waals surface area contributed by atoms with Gasteiger partial charge in [0.15, 0.2) is 0 Å². The van der Waals surface area contributed by atoms with Gasteiger partial charge < -0.3 is 26.8 Å². The Balaban J connectivity index is 0.00000182. The average Bonchev–Trinajstić information content (AvgIpc) is 2.89. The first-order valence-electron chi connectivity index (χ1n) is 8.82. The van der Waals surface area contributed by atoms with Gasteiger partial charge in [-0.2, -0.15) is 0 Å². The lowest BCUT2D eigenvalue weighted by molar-refractivity contribution is -0.00000524. The summed E-state index contributed by atoms with van der Waals surface area (Å²) in [5.41, 5.74) is 5.47. The van der Waals surface area contributed by atoms with Crippen LogP contribution in [0.5, 0.6) is 0 Å². The lowest BCUT2D eigenvalue weighted by atomic mass is 9.87. The third kappa shape index (κ3) is 3.32. The fraction of sp³-hybridized carbons (Fsp3) is 0.381. The maximum atomic E-state index is 4.81. The van der Waals surface area contributed by atoms with E-state index in [1.54, 1.807) is 0 Å². The van der Waals surface area contributed by atoms with Crippen molar-refractivity contribution < 1.29 is 17.0 Å². The van der Waals surface area contributed by atoms with Gasteiger partial charge >= 0.3 is 0 Å². The van der Waals surface area contributed by atoms with Crippen molar-refractivity contribution in [2.45, 2.75) is 39.2 Å². The third-order valence-corrected chi connectivity index (χ3v) is 4.90. The Labute approximate surface area is 161 Å². The molecular formula is C21H25BrN3-. The lowest BCUT2D eigenvalue weighted by Crippen LogP contribution is -3.00. The van der Waals surface area contributed by atoms with Crippen LogP contribution >= 0.6 is 0 Å². The maximum Gasteiger partial charge on any atom is 0.206 e. The Morgan fingerprint density at radius 1 is 0.960 bits per heavy atom. The summed E-state index contributed by atoms with van der Waals surface area (Å²) in [6.07, 6.45) is 1.13. The second-order valence-corrected chi connectivity index (χ2v) is 7.71. The van der Waals surface area contributed by atoms with Crippen LogP contribution in [-0.4, -0.2) is 19.0 Å². The summed E-state index contributed by atoms with van der Waals surface area (Å²) in [7, 11) is 0. The van der Waals surface area contributed by atoms with E-state index in [-0.39, 0.29) is 22.4 Å². The van der Waals surface area contributed by atoms with Crippen molar-refractivity contribution in [3.8, 4) is 0 Å². The highest BCUT2D eigenvalue weighted by molar-refractivity contribution is 6.16. The molecule has 0 N–H and O–H groups in total. The highest BCUT2D eigenvalue weighted by Crippen LogP contribution is 2.39. The molecule has 2 aromatic carbocycles. The second kappa shape index (κ2) is 6.83. The largest absolute Gasteiger partial charge is 1.00 e. The van der Waals surface area contributed by atoms with Crippen molar-refractivity contribution in [2.24, 2.45) is 4.99 Å². The SMILES string of the molecule is CC(C)(C)c1ccc(CN2C3=NCCCN3c3ccccc32)cc1.[Br-]. The van der Waals surface area contributed by atoms with Crippen molar-refractivity contribution >= 4 is 17.3 Å². The van der Waals surface area contributed by atoms with E-state index in [4.69, 9.17) is 4.99 Å². The standard InChI is InChI=1S/C21H25N3.BrH/c1-21(2,3)17-11-9-16(10-12-17)15-24-19-8-5-4-7-18(19)23-14-6-13-22-20(23)24;/h4-5,7-12H,6,13-15H2,1-3H3;1H/p-1. The van der Waals surface area contributed by atoms with E-state index in [2.05, 4.69) is 79.1 Å². The Hall–Kier alpha value is -1.81. The minimum Gasteiger partial charge on any atom is -1.00 e. The molecule has 3 nitrogen and oxygen atoms in total. The minimum absolute atomic E-state index is 0. The topological polar surface area (TPSA) is 18.8 Å². The molecule has 25 heavy (non-hydrogen) atoms. The van der Waals surface area contributed by atoms with E-state index < -0.39 is 0 Å². The Morgan fingerprint density at radius 3 is 2.32 bits per heavy atom. The quantitative estimate of drug-likeness (QED) is 0.764. The van der Waals surface area contributed by atoms with Crippen molar-refractivity contribution in [1.82, 2.24) is 0 Å². The molecule has 0 aliphatic carbocycles. The van der Waals surface area contributed by atoms with Crippen LogP contribution in [-0.2, 0) is 12.0 Å². The number of guanidine groups is 1. The van der Waals surface area contributed by atoms with E-state index in [1.165, 1.54) is 22.5 Å². The highest BCUT2D eigenvalue weighted by Gasteiger charge is 2.33. The van der Waals surface area contributed by atoms with E-state index >= 15 is 0 Å². The fourth-order valence-corrected chi connectivity index (χ4v) is 3.53. The van der Waals surface area contributed by atoms with Gasteiger partial charge in [0, 0.05) is 13.1 Å². The number of hydrogen-bond acceptors (Lipinski definition) is 3. The Bertz CT molecular complexity index is 774. The van der Waals surface area contributed by atoms with E-state index in [0.717, 1.165) is 32.0 Å². The number of halogens is 1. The predicted molar refractivity (Wildman–Crippen MR) is 102 cm³/mol. The molecule has 2 aromatic rings. The molecule has 0 aromatic heterocycles. The normalized spacial score (nSPS) is 16.0. The predicted octanol–water partition coefficient (Wildman–Crippen LogP) is 1.57. The maximum absolute atomic E-state index is 4.81. The van der Waals surface area contributed by atoms with E-state index in [0.29, 0.717) is 0 Å². The monoisotopic (exact) mass is 398 g/mol. The van der Waals surface area contributed by atoms with Gasteiger partial charge in [0.1, 0.15) is 0 Å². The van der Waals surface area contributed by atoms with Crippen LogP contribution in [0.4, 0.5) is 11.4 Å². The molecule has 2 aliphatic rings. The molecule has 0 unspecified atom stereocenters. The number of hydrogen-bond donors (Lipinski definition) is 0. The van der Waals surface area contributed by atoms with Crippen molar-refractivity contribution in [3.05, 3.63) is 59.7 Å². The molecular weight excluding hydrogens is 374 g/mol. The number of para-hydroxylation sites is 2. The first kappa shape index (κ1) is 18.0. The molecule has 2 aliphatic heterocycles. The summed E-state index contributed by atoms with van der Waals surface area (Å²) in [5, 5.41) is 0. The fourth-order valence-electron chi connectivity index (χ4n) is 3.53. The number of anilines is 2. The van der Waals surface area contributed by atoms with Gasteiger partial charge in [-0.25, -0.2) is 0 Å². The molecule has 4 heteroatoms. The molecule has 0 atom stereocenters. The summed E-state index contributed by atoms with van der Waals surface area (Å²) >= 11 is 0. The van der Waals surface area contributed by atoms with Gasteiger partial charge in [0.2, 0.25) is 5.96 Å². The molecule has 0 saturated carbocycles. The van der Waals surface area contributed by atoms with Gasteiger partial charge in [-0.1, -0.05) is 57.2 Å². The summed E-state index contributed by atoms with van der Waals surface area (Å²) in [5.74, 6) is 1.11. The molecule has 132 valence electrons. The van der Waals surface area contributed by atoms with Crippen molar-refractivity contribution in [2.75, 3.05) is 22.9 Å². The van der Waals surface area contributed by atoms with Crippen LogP contribution in [0.15, 0.2) is 53.5 Å². The average molecular weight is 399 g/mol. The van der Waals surface area contributed by atoms with Crippen molar-refractivity contribution in [3.63, 3.8) is 0 Å². The number of rotatable bonds is 2. The Kier molecular flexibility index (Phi) is 4.92. The second-order valence-electron chi connectivity index (χ2n) is 7.71. The van der Waals surface area contributed by atoms with Crippen LogP contribution in [0, 0.1) is 0 Å². The summed E-state index contributed by atoms with van der Waals surface area (Å²) in [6.45, 7) is 9.64. The van der Waals surface area contributed by atoms with Crippen LogP contribution in [0.25, 0.3) is 0 Å². The minimum atomic E-state index is 0. The van der Waals surface area contributed by atoms with Crippen molar-refractivity contribution in [1.29, 1.82) is 0 Å². The smallest absolute Gasteiger partial charge is 0.206 e. The molecule has 2 heterocycles. The van der Waals surface area contributed by atoms with Gasteiger partial charge in [0.05, 0.1) is 17.9 Å². The van der Waals surface area contributed by atoms with Crippen LogP contribution in [0.2, 0.25) is 0 Å². The zero-order valence-electron chi connectivity index (χ0n) is 15.2. The van der Waals surface area contributed by atoms with E-state index in [1.807, 2.05) is 0 Å². The van der Waals surface area contributed by atoms with E-state index in [9.17, 15) is 0 Å². The third-order valence-electron chi connectivity index (χ3n) is 4.90. The number of benzene rings is 2. The van der Waals surface area contributed by atoms with Crippen LogP contribution in [0.1, 0.15) is 38.3 Å². The molecule has 0 fully saturated rings. The van der Waals surface area contributed by atoms with Gasteiger partial charge in [-0.15, -0.1) is 0 Å². The number of fused-ring (bicyclic) bond motifs is 3. The first-order chi connectivity index (χ1) is 11.5. The Morgan fingerprint density at radius 2 is 1.64 bits per heavy atom. The number of nitrogens with zero attached hydrogens (tertiary/aromatic N) is 3. The van der Waals surface area contributed by atoms with Gasteiger partial charge in [-0.3, -0.25) is 4.99 Å². The molecule has 0 saturated heterocycles. The lowest BCUT2D eigenvalue weighted by Gasteiger charge is -2.27. The van der Waals surface area contributed by atoms with Crippen LogP contribution < -0.4 is 26.8 Å². The van der Waals surface area contributed by atoms with Gasteiger partial charge in [-0.05, 0) is 35.1 Å².